The number of ether oxygens (including phenoxy) is 1. The Morgan fingerprint density at radius 3 is 2.66 bits per heavy atom. The van der Waals surface area contributed by atoms with E-state index in [1.54, 1.807) is 41.2 Å². The molecular formula is C31H26ClFN8O3. The van der Waals surface area contributed by atoms with E-state index < -0.39 is 11.9 Å². The van der Waals surface area contributed by atoms with Gasteiger partial charge in [-0.15, -0.1) is 5.10 Å². The molecule has 1 aliphatic heterocycles. The van der Waals surface area contributed by atoms with Gasteiger partial charge in [-0.05, 0) is 65.7 Å². The maximum absolute atomic E-state index is 15.3. The summed E-state index contributed by atoms with van der Waals surface area (Å²) >= 11 is 6.33. The van der Waals surface area contributed by atoms with Crippen molar-refractivity contribution >= 4 is 35.0 Å². The average molecular weight is 613 g/mol. The number of nitrogens with one attached hydrogen (secondary N) is 2. The number of nitrogens with zero attached hydrogens (tertiary/aromatic N) is 6. The van der Waals surface area contributed by atoms with E-state index in [9.17, 15) is 9.59 Å². The Hall–Kier alpha value is -5.23. The van der Waals surface area contributed by atoms with Crippen LogP contribution in [0.4, 0.5) is 20.6 Å². The largest absolute Gasteiger partial charge is 0.453 e. The number of hydrogen-bond donors (Lipinski definition) is 2. The lowest BCUT2D eigenvalue weighted by Crippen LogP contribution is -2.15. The van der Waals surface area contributed by atoms with Gasteiger partial charge < -0.3 is 10.1 Å². The predicted molar refractivity (Wildman–Crippen MR) is 162 cm³/mol. The van der Waals surface area contributed by atoms with E-state index in [0.29, 0.717) is 46.9 Å². The monoisotopic (exact) mass is 612 g/mol. The number of tetrazole rings is 1. The number of carbonyl (C=O) groups excluding carboxylic acids is 2. The minimum Gasteiger partial charge on any atom is -0.453 e. The third-order valence-electron chi connectivity index (χ3n) is 7.40. The molecule has 2 N–H and O–H groups in total. The molecule has 1 aliphatic rings. The van der Waals surface area contributed by atoms with Crippen LogP contribution in [0.2, 0.25) is 5.02 Å². The molecule has 11 nitrogen and oxygen atoms in total. The van der Waals surface area contributed by atoms with Crippen LogP contribution in [0.25, 0.3) is 27.9 Å². The highest BCUT2D eigenvalue weighted by Gasteiger charge is 2.23. The van der Waals surface area contributed by atoms with Gasteiger partial charge in [-0.1, -0.05) is 30.2 Å². The molecule has 1 atom stereocenters. The summed E-state index contributed by atoms with van der Waals surface area (Å²) in [6, 6.07) is 15.8. The fraction of sp³-hybridized carbons (Fsp3) is 0.194. The summed E-state index contributed by atoms with van der Waals surface area (Å²) in [5, 5.41) is 17.5. The number of halogens is 2. The van der Waals surface area contributed by atoms with Crippen LogP contribution in [0.15, 0.2) is 73.3 Å². The Kier molecular flexibility index (Phi) is 8.24. The fourth-order valence-corrected chi connectivity index (χ4v) is 5.43. The molecular weight excluding hydrogens is 587 g/mol. The number of anilines is 2. The standard InChI is InChI=1S/C31H26ClFN8O3/c1-44-31(43)37-20-8-9-21-24-14-27(35-16-25(24)33)22(4-2-3-5-30(42)38-28(21)13-20)26-10-6-18(15-34-26)23-12-19(32)7-11-29(23)41-17-36-39-40-41/h6-17,22H,2-5H2,1H3,(H,37,43)(H,38,42). The number of methoxy groups -OCH3 is 1. The number of amides is 2. The van der Waals surface area contributed by atoms with Crippen molar-refractivity contribution in [1.82, 2.24) is 30.2 Å². The molecule has 3 aromatic heterocycles. The van der Waals surface area contributed by atoms with Crippen LogP contribution in [0.5, 0.6) is 0 Å². The lowest BCUT2D eigenvalue weighted by atomic mass is 9.90. The molecule has 1 unspecified atom stereocenters. The number of benzene rings is 2. The minimum absolute atomic E-state index is 0.212. The normalized spacial score (nSPS) is 14.9. The van der Waals surface area contributed by atoms with Crippen molar-refractivity contribution in [2.45, 2.75) is 31.6 Å². The molecule has 6 rings (SSSR count). The summed E-state index contributed by atoms with van der Waals surface area (Å²) in [6.07, 6.45) is 6.05. The molecule has 0 aliphatic carbocycles. The smallest absolute Gasteiger partial charge is 0.411 e. The van der Waals surface area contributed by atoms with Gasteiger partial charge in [-0.25, -0.2) is 9.18 Å². The molecule has 0 fully saturated rings. The predicted octanol–water partition coefficient (Wildman–Crippen LogP) is 6.40. The van der Waals surface area contributed by atoms with E-state index in [0.717, 1.165) is 22.5 Å². The number of fused-ring (bicyclic) bond motifs is 4. The van der Waals surface area contributed by atoms with Crippen molar-refractivity contribution in [1.29, 1.82) is 0 Å². The van der Waals surface area contributed by atoms with Crippen molar-refractivity contribution in [3.8, 4) is 27.9 Å². The van der Waals surface area contributed by atoms with Gasteiger partial charge in [0.05, 0.1) is 30.4 Å². The van der Waals surface area contributed by atoms with Crippen molar-refractivity contribution in [2.75, 3.05) is 17.7 Å². The zero-order valence-electron chi connectivity index (χ0n) is 23.5. The quantitative estimate of drug-likeness (QED) is 0.238. The number of carbonyl (C=O) groups is 2. The first-order valence-corrected chi connectivity index (χ1v) is 14.2. The summed E-state index contributed by atoms with van der Waals surface area (Å²) in [7, 11) is 1.25. The van der Waals surface area contributed by atoms with Crippen LogP contribution in [-0.2, 0) is 9.53 Å². The lowest BCUT2D eigenvalue weighted by molar-refractivity contribution is -0.116. The Morgan fingerprint density at radius 1 is 1.02 bits per heavy atom. The number of aromatic nitrogens is 6. The van der Waals surface area contributed by atoms with Crippen LogP contribution in [0, 0.1) is 5.82 Å². The molecule has 0 saturated carbocycles. The van der Waals surface area contributed by atoms with Crippen molar-refractivity contribution < 1.29 is 18.7 Å². The van der Waals surface area contributed by atoms with Crippen LogP contribution < -0.4 is 10.6 Å². The van der Waals surface area contributed by atoms with Gasteiger partial charge in [0.15, 0.2) is 0 Å². The van der Waals surface area contributed by atoms with Crippen molar-refractivity contribution in [3.63, 3.8) is 0 Å². The summed E-state index contributed by atoms with van der Waals surface area (Å²) < 4.78 is 21.6. The first-order valence-electron chi connectivity index (χ1n) is 13.8. The van der Waals surface area contributed by atoms with E-state index in [1.807, 2.05) is 24.3 Å². The minimum atomic E-state index is -0.662. The van der Waals surface area contributed by atoms with E-state index in [2.05, 4.69) is 35.9 Å². The first-order chi connectivity index (χ1) is 21.4. The number of pyridine rings is 2. The summed E-state index contributed by atoms with van der Waals surface area (Å²) in [5.74, 6) is -1.02. The summed E-state index contributed by atoms with van der Waals surface area (Å²) in [6.45, 7) is 0. The van der Waals surface area contributed by atoms with E-state index in [1.165, 1.54) is 19.6 Å². The molecule has 2 aromatic carbocycles. The highest BCUT2D eigenvalue weighted by atomic mass is 35.5. The molecule has 2 amide bonds. The summed E-state index contributed by atoms with van der Waals surface area (Å²) in [5.41, 5.74) is 5.22. The molecule has 4 heterocycles. The van der Waals surface area contributed by atoms with Crippen molar-refractivity contribution in [2.24, 2.45) is 0 Å². The van der Waals surface area contributed by atoms with Gasteiger partial charge in [0, 0.05) is 57.2 Å². The van der Waals surface area contributed by atoms with Crippen LogP contribution in [0.3, 0.4) is 0 Å². The molecule has 5 aromatic rings. The van der Waals surface area contributed by atoms with Crippen molar-refractivity contribution in [3.05, 3.63) is 95.5 Å². The summed E-state index contributed by atoms with van der Waals surface area (Å²) in [4.78, 5) is 33.9. The first kappa shape index (κ1) is 28.9. The fourth-order valence-electron chi connectivity index (χ4n) is 5.26. The Labute approximate surface area is 256 Å². The second-order valence-electron chi connectivity index (χ2n) is 10.2. The van der Waals surface area contributed by atoms with Gasteiger partial charge in [0.2, 0.25) is 5.91 Å². The van der Waals surface area contributed by atoms with E-state index in [4.69, 9.17) is 16.6 Å². The lowest BCUT2D eigenvalue weighted by Gasteiger charge is -2.20. The maximum atomic E-state index is 15.3. The average Bonchev–Trinajstić information content (AvgIpc) is 3.56. The number of rotatable bonds is 4. The second-order valence-corrected chi connectivity index (χ2v) is 10.6. The SMILES string of the molecule is COC(=O)Nc1ccc2c(c1)NC(=O)CCCCC(c1ccc(-c3cc(Cl)ccc3-n3cnnn3)cn1)c1cc-2c(F)cn1. The van der Waals surface area contributed by atoms with E-state index >= 15 is 4.39 Å². The van der Waals surface area contributed by atoms with E-state index in [-0.39, 0.29) is 23.8 Å². The zero-order chi connectivity index (χ0) is 30.6. The molecule has 2 bridgehead atoms. The van der Waals surface area contributed by atoms with Crippen LogP contribution >= 0.6 is 11.6 Å². The molecule has 0 radical (unpaired) electrons. The Morgan fingerprint density at radius 2 is 1.89 bits per heavy atom. The van der Waals surface area contributed by atoms with Gasteiger partial charge in [0.1, 0.15) is 12.1 Å². The van der Waals surface area contributed by atoms with Gasteiger partial charge in [0.25, 0.3) is 0 Å². The topological polar surface area (TPSA) is 137 Å². The Bertz CT molecular complexity index is 1830. The molecule has 13 heteroatoms. The van der Waals surface area contributed by atoms with Gasteiger partial charge >= 0.3 is 6.09 Å². The molecule has 0 spiro atoms. The highest BCUT2D eigenvalue weighted by Crippen LogP contribution is 2.37. The van der Waals surface area contributed by atoms with Gasteiger partial charge in [-0.3, -0.25) is 20.1 Å². The maximum Gasteiger partial charge on any atom is 0.411 e. The zero-order valence-corrected chi connectivity index (χ0v) is 24.3. The third-order valence-corrected chi connectivity index (χ3v) is 7.64. The van der Waals surface area contributed by atoms with Crippen LogP contribution in [0.1, 0.15) is 43.0 Å². The third kappa shape index (κ3) is 6.11. The Balaban J connectivity index is 1.39. The molecule has 44 heavy (non-hydrogen) atoms. The molecule has 222 valence electrons. The van der Waals surface area contributed by atoms with Crippen LogP contribution in [-0.4, -0.2) is 49.3 Å². The second kappa shape index (κ2) is 12.6. The molecule has 0 saturated heterocycles. The number of hydrogen-bond acceptors (Lipinski definition) is 8. The highest BCUT2D eigenvalue weighted by molar-refractivity contribution is 6.31. The van der Waals surface area contributed by atoms with Gasteiger partial charge in [-0.2, -0.15) is 4.68 Å².